The minimum Gasteiger partial charge on any atom is -0.312 e. The third-order valence-electron chi connectivity index (χ3n) is 4.45. The Balaban J connectivity index is 1.88. The van der Waals surface area contributed by atoms with Crippen molar-refractivity contribution in [1.82, 2.24) is 0 Å². The molecule has 0 saturated heterocycles. The molecule has 0 radical (unpaired) electrons. The molecule has 2 aromatic carbocycles. The van der Waals surface area contributed by atoms with Crippen LogP contribution < -0.4 is 9.62 Å². The zero-order chi connectivity index (χ0) is 19.6. The molecule has 8 heteroatoms. The van der Waals surface area contributed by atoms with Crippen LogP contribution in [0.1, 0.15) is 31.7 Å². The molecule has 1 aliphatic rings. The van der Waals surface area contributed by atoms with Gasteiger partial charge in [-0.15, -0.1) is 0 Å². The van der Waals surface area contributed by atoms with Crippen molar-refractivity contribution in [2.24, 2.45) is 0 Å². The van der Waals surface area contributed by atoms with Crippen molar-refractivity contribution in [2.75, 3.05) is 16.2 Å². The predicted octanol–water partition coefficient (Wildman–Crippen LogP) is 3.84. The average Bonchev–Trinajstić information content (AvgIpc) is 2.60. The summed E-state index contributed by atoms with van der Waals surface area (Å²) in [5.41, 5.74) is 1.89. The molecule has 0 saturated carbocycles. The van der Waals surface area contributed by atoms with E-state index in [1.54, 1.807) is 17.0 Å². The van der Waals surface area contributed by atoms with Crippen LogP contribution >= 0.6 is 0 Å². The lowest BCUT2D eigenvalue weighted by atomic mass is 10.00. The number of benzene rings is 2. The number of sulfonamides is 1. The van der Waals surface area contributed by atoms with E-state index in [9.17, 15) is 22.0 Å². The van der Waals surface area contributed by atoms with Crippen LogP contribution in [0.25, 0.3) is 0 Å². The van der Waals surface area contributed by atoms with Crippen LogP contribution in [0.5, 0.6) is 0 Å². The van der Waals surface area contributed by atoms with E-state index in [2.05, 4.69) is 4.72 Å². The summed E-state index contributed by atoms with van der Waals surface area (Å²) in [6.07, 6.45) is 2.71. The van der Waals surface area contributed by atoms with Gasteiger partial charge in [0.25, 0.3) is 10.0 Å². The number of amides is 1. The van der Waals surface area contributed by atoms with E-state index in [0.717, 1.165) is 36.2 Å². The molecule has 3 rings (SSSR count). The first-order valence-corrected chi connectivity index (χ1v) is 10.2. The van der Waals surface area contributed by atoms with Crippen LogP contribution in [-0.2, 0) is 21.2 Å². The maximum atomic E-state index is 13.8. The lowest BCUT2D eigenvalue weighted by Gasteiger charge is -2.29. The van der Waals surface area contributed by atoms with Gasteiger partial charge >= 0.3 is 0 Å². The molecule has 144 valence electrons. The van der Waals surface area contributed by atoms with Crippen molar-refractivity contribution in [3.05, 3.63) is 53.6 Å². The van der Waals surface area contributed by atoms with E-state index < -0.39 is 26.6 Å². The number of unbranched alkanes of at least 4 members (excludes halogenated alkanes) is 1. The molecule has 0 aromatic heterocycles. The summed E-state index contributed by atoms with van der Waals surface area (Å²) in [6, 6.07) is 7.19. The Kier molecular flexibility index (Phi) is 5.46. The number of fused-ring (bicyclic) bond motifs is 1. The summed E-state index contributed by atoms with van der Waals surface area (Å²) in [5, 5.41) is 0. The van der Waals surface area contributed by atoms with Gasteiger partial charge < -0.3 is 4.90 Å². The van der Waals surface area contributed by atoms with Crippen molar-refractivity contribution < 1.29 is 22.0 Å². The molecule has 0 bridgehead atoms. The molecule has 27 heavy (non-hydrogen) atoms. The summed E-state index contributed by atoms with van der Waals surface area (Å²) >= 11 is 0. The van der Waals surface area contributed by atoms with Gasteiger partial charge in [0, 0.05) is 30.4 Å². The maximum absolute atomic E-state index is 13.8. The van der Waals surface area contributed by atoms with Crippen molar-refractivity contribution >= 4 is 27.3 Å². The number of nitrogens with zero attached hydrogens (tertiary/aromatic N) is 1. The topological polar surface area (TPSA) is 66.5 Å². The molecular formula is C19H20F2N2O3S. The number of rotatable bonds is 6. The number of hydrogen-bond donors (Lipinski definition) is 1. The molecule has 1 amide bonds. The van der Waals surface area contributed by atoms with Gasteiger partial charge in [-0.25, -0.2) is 17.2 Å². The quantitative estimate of drug-likeness (QED) is 0.809. The third kappa shape index (κ3) is 4.10. The zero-order valence-electron chi connectivity index (χ0n) is 14.8. The minimum atomic E-state index is -4.20. The van der Waals surface area contributed by atoms with Crippen LogP contribution in [0.15, 0.2) is 41.3 Å². The molecule has 5 nitrogen and oxygen atoms in total. The van der Waals surface area contributed by atoms with Crippen molar-refractivity contribution in [1.29, 1.82) is 0 Å². The van der Waals surface area contributed by atoms with Crippen LogP contribution in [-0.4, -0.2) is 20.9 Å². The van der Waals surface area contributed by atoms with Gasteiger partial charge in [0.1, 0.15) is 16.5 Å². The lowest BCUT2D eigenvalue weighted by molar-refractivity contribution is -0.118. The van der Waals surface area contributed by atoms with E-state index in [-0.39, 0.29) is 11.6 Å². The van der Waals surface area contributed by atoms with E-state index in [4.69, 9.17) is 0 Å². The highest BCUT2D eigenvalue weighted by molar-refractivity contribution is 7.92. The highest BCUT2D eigenvalue weighted by atomic mass is 32.2. The number of carbonyl (C=O) groups excluding carboxylic acids is 1. The second kappa shape index (κ2) is 7.64. The lowest BCUT2D eigenvalue weighted by Crippen LogP contribution is -2.35. The SMILES string of the molecule is CCCCN1C(=O)CCc2cc(NS(=O)(=O)c3ccc(F)cc3F)ccc21. The fourth-order valence-electron chi connectivity index (χ4n) is 3.09. The van der Waals surface area contributed by atoms with E-state index in [1.165, 1.54) is 6.07 Å². The molecule has 0 unspecified atom stereocenters. The first-order chi connectivity index (χ1) is 12.8. The van der Waals surface area contributed by atoms with Crippen LogP contribution in [0.4, 0.5) is 20.2 Å². The Morgan fingerprint density at radius 2 is 1.89 bits per heavy atom. The van der Waals surface area contributed by atoms with E-state index in [0.29, 0.717) is 25.5 Å². The molecule has 0 aliphatic carbocycles. The van der Waals surface area contributed by atoms with Gasteiger partial charge in [-0.3, -0.25) is 9.52 Å². The standard InChI is InChI=1S/C19H20F2N2O3S/c1-2-3-10-23-17-7-6-15(11-13(17)4-9-19(23)24)22-27(25,26)18-8-5-14(20)12-16(18)21/h5-8,11-12,22H,2-4,9-10H2,1H3. The minimum absolute atomic E-state index is 0.0534. The first kappa shape index (κ1) is 19.3. The molecule has 1 N–H and O–H groups in total. The van der Waals surface area contributed by atoms with Gasteiger partial charge in [0.2, 0.25) is 5.91 Å². The smallest absolute Gasteiger partial charge is 0.264 e. The number of hydrogen-bond acceptors (Lipinski definition) is 3. The Morgan fingerprint density at radius 3 is 2.59 bits per heavy atom. The highest BCUT2D eigenvalue weighted by Crippen LogP contribution is 2.31. The molecule has 2 aromatic rings. The number of anilines is 2. The number of halogens is 2. The molecule has 0 atom stereocenters. The monoisotopic (exact) mass is 394 g/mol. The predicted molar refractivity (Wildman–Crippen MR) is 99.2 cm³/mol. The number of aryl methyl sites for hydroxylation is 1. The number of carbonyl (C=O) groups is 1. The summed E-state index contributed by atoms with van der Waals surface area (Å²) in [6.45, 7) is 2.66. The van der Waals surface area contributed by atoms with Gasteiger partial charge in [-0.05, 0) is 48.7 Å². The first-order valence-electron chi connectivity index (χ1n) is 8.73. The average molecular weight is 394 g/mol. The van der Waals surface area contributed by atoms with Gasteiger partial charge in [0.05, 0.1) is 0 Å². The van der Waals surface area contributed by atoms with Crippen LogP contribution in [0.2, 0.25) is 0 Å². The second-order valence-corrected chi connectivity index (χ2v) is 8.07. The zero-order valence-corrected chi connectivity index (χ0v) is 15.7. The summed E-state index contributed by atoms with van der Waals surface area (Å²) in [4.78, 5) is 13.3. The Hall–Kier alpha value is -2.48. The fourth-order valence-corrected chi connectivity index (χ4v) is 4.20. The summed E-state index contributed by atoms with van der Waals surface area (Å²) in [7, 11) is -4.20. The molecule has 0 fully saturated rings. The molecule has 1 aliphatic heterocycles. The fraction of sp³-hybridized carbons (Fsp3) is 0.316. The largest absolute Gasteiger partial charge is 0.312 e. The Morgan fingerprint density at radius 1 is 1.11 bits per heavy atom. The van der Waals surface area contributed by atoms with Crippen LogP contribution in [0.3, 0.4) is 0 Å². The third-order valence-corrected chi connectivity index (χ3v) is 5.87. The molecular weight excluding hydrogens is 374 g/mol. The molecule has 1 heterocycles. The van der Waals surface area contributed by atoms with Crippen LogP contribution in [0, 0.1) is 11.6 Å². The van der Waals surface area contributed by atoms with Gasteiger partial charge in [-0.2, -0.15) is 0 Å². The number of nitrogens with one attached hydrogen (secondary N) is 1. The van der Waals surface area contributed by atoms with E-state index >= 15 is 0 Å². The van der Waals surface area contributed by atoms with Gasteiger partial charge in [0.15, 0.2) is 0 Å². The highest BCUT2D eigenvalue weighted by Gasteiger charge is 2.25. The van der Waals surface area contributed by atoms with Crippen molar-refractivity contribution in [3.63, 3.8) is 0 Å². The van der Waals surface area contributed by atoms with Gasteiger partial charge in [-0.1, -0.05) is 13.3 Å². The normalized spacial score (nSPS) is 14.2. The maximum Gasteiger partial charge on any atom is 0.264 e. The van der Waals surface area contributed by atoms with E-state index in [1.807, 2.05) is 6.92 Å². The van der Waals surface area contributed by atoms with Crippen molar-refractivity contribution in [2.45, 2.75) is 37.5 Å². The summed E-state index contributed by atoms with van der Waals surface area (Å²) < 4.78 is 54.0. The Labute approximate surface area is 157 Å². The van der Waals surface area contributed by atoms with Crippen molar-refractivity contribution in [3.8, 4) is 0 Å². The Bertz CT molecular complexity index is 977. The second-order valence-electron chi connectivity index (χ2n) is 6.42. The molecule has 0 spiro atoms. The summed E-state index contributed by atoms with van der Waals surface area (Å²) in [5.74, 6) is -1.95.